The van der Waals surface area contributed by atoms with Crippen LogP contribution in [0, 0.1) is 0 Å². The minimum atomic E-state index is -0.958. The molecule has 196 valence electrons. The Hall–Kier alpha value is -4.26. The van der Waals surface area contributed by atoms with Gasteiger partial charge in [0.15, 0.2) is 6.61 Å². The number of aromatic nitrogens is 1. The molecule has 1 aromatic heterocycles. The van der Waals surface area contributed by atoms with Crippen LogP contribution in [0.15, 0.2) is 97.2 Å². The summed E-state index contributed by atoms with van der Waals surface area (Å²) in [6.07, 6.45) is 2.74. The van der Waals surface area contributed by atoms with Crippen LogP contribution in [0.5, 0.6) is 5.75 Å². The summed E-state index contributed by atoms with van der Waals surface area (Å²) in [5.74, 6) is -0.773. The molecule has 0 radical (unpaired) electrons. The summed E-state index contributed by atoms with van der Waals surface area (Å²) in [7, 11) is 0. The number of benzene rings is 4. The second-order valence-corrected chi connectivity index (χ2v) is 9.89. The molecule has 0 unspecified atom stereocenters. The van der Waals surface area contributed by atoms with Gasteiger partial charge in [-0.1, -0.05) is 71.7 Å². The van der Waals surface area contributed by atoms with Crippen LogP contribution in [0.1, 0.15) is 27.0 Å². The number of ether oxygens (including phenoxy) is 1. The Balaban J connectivity index is 1.41. The van der Waals surface area contributed by atoms with E-state index in [1.807, 2.05) is 42.5 Å². The molecule has 0 bridgehead atoms. The van der Waals surface area contributed by atoms with Gasteiger partial charge in [0.05, 0.1) is 16.3 Å². The molecule has 0 atom stereocenters. The number of aromatic carboxylic acids is 1. The lowest BCUT2D eigenvalue weighted by Gasteiger charge is -2.11. The molecule has 39 heavy (non-hydrogen) atoms. The molecule has 0 aliphatic carbocycles. The smallest absolute Gasteiger partial charge is 0.336 e. The molecule has 0 spiro atoms. The van der Waals surface area contributed by atoms with E-state index >= 15 is 0 Å². The second-order valence-electron chi connectivity index (χ2n) is 9.05. The summed E-state index contributed by atoms with van der Waals surface area (Å²) < 4.78 is 7.88. The van der Waals surface area contributed by atoms with E-state index in [2.05, 4.69) is 28.2 Å². The molecular weight excluding hydrogens is 535 g/mol. The highest BCUT2D eigenvalue weighted by molar-refractivity contribution is 6.36. The van der Waals surface area contributed by atoms with E-state index in [0.29, 0.717) is 40.0 Å². The van der Waals surface area contributed by atoms with Gasteiger partial charge in [-0.15, -0.1) is 0 Å². The van der Waals surface area contributed by atoms with E-state index in [4.69, 9.17) is 27.9 Å². The maximum atomic E-state index is 12.5. The maximum absolute atomic E-state index is 12.5. The molecule has 6 nitrogen and oxygen atoms in total. The number of carbonyl (C=O) groups excluding carboxylic acids is 1. The van der Waals surface area contributed by atoms with Crippen molar-refractivity contribution in [1.82, 2.24) is 4.57 Å². The number of amides is 1. The number of nitrogens with one attached hydrogen (secondary N) is 1. The first-order valence-electron chi connectivity index (χ1n) is 12.2. The van der Waals surface area contributed by atoms with Crippen molar-refractivity contribution in [2.24, 2.45) is 0 Å². The SMILES string of the molecule is O=C(COc1ccc2c(c1)c(Cc1ccccc1)cn2Cc1ccccc1C(=O)O)Nc1ccc(Cl)cc1Cl. The molecule has 8 heteroatoms. The molecule has 1 amide bonds. The molecular formula is C31H24Cl2N2O4. The fourth-order valence-corrected chi connectivity index (χ4v) is 4.96. The van der Waals surface area contributed by atoms with Crippen molar-refractivity contribution in [3.8, 4) is 5.75 Å². The predicted octanol–water partition coefficient (Wildman–Crippen LogP) is 7.30. The number of carboxylic acids is 1. The highest BCUT2D eigenvalue weighted by Gasteiger charge is 2.15. The Bertz CT molecular complexity index is 1660. The Morgan fingerprint density at radius 2 is 1.64 bits per heavy atom. The second kappa shape index (κ2) is 11.6. The summed E-state index contributed by atoms with van der Waals surface area (Å²) in [5, 5.41) is 14.2. The number of anilines is 1. The number of hydrogen-bond acceptors (Lipinski definition) is 3. The Morgan fingerprint density at radius 3 is 2.41 bits per heavy atom. The van der Waals surface area contributed by atoms with E-state index in [-0.39, 0.29) is 18.1 Å². The van der Waals surface area contributed by atoms with Crippen molar-refractivity contribution >= 4 is 51.7 Å². The van der Waals surface area contributed by atoms with Gasteiger partial charge < -0.3 is 19.7 Å². The fourth-order valence-electron chi connectivity index (χ4n) is 4.50. The number of rotatable bonds is 9. The third-order valence-corrected chi connectivity index (χ3v) is 6.88. The van der Waals surface area contributed by atoms with E-state index < -0.39 is 5.97 Å². The molecule has 0 aliphatic heterocycles. The van der Waals surface area contributed by atoms with Crippen molar-refractivity contribution in [2.45, 2.75) is 13.0 Å². The Kier molecular flexibility index (Phi) is 7.87. The van der Waals surface area contributed by atoms with Crippen LogP contribution >= 0.6 is 23.2 Å². The molecule has 0 fully saturated rings. The summed E-state index contributed by atoms with van der Waals surface area (Å²) in [6, 6.07) is 27.6. The Labute approximate surface area is 235 Å². The number of carboxylic acid groups (broad SMARTS) is 1. The fraction of sp³-hybridized carbons (Fsp3) is 0.0968. The van der Waals surface area contributed by atoms with Crippen LogP contribution in [0.4, 0.5) is 5.69 Å². The van der Waals surface area contributed by atoms with Crippen molar-refractivity contribution in [3.63, 3.8) is 0 Å². The highest BCUT2D eigenvalue weighted by atomic mass is 35.5. The summed E-state index contributed by atoms with van der Waals surface area (Å²) in [5.41, 5.74) is 4.58. The summed E-state index contributed by atoms with van der Waals surface area (Å²) >= 11 is 12.1. The van der Waals surface area contributed by atoms with Gasteiger partial charge in [-0.3, -0.25) is 4.79 Å². The minimum Gasteiger partial charge on any atom is -0.484 e. The van der Waals surface area contributed by atoms with E-state index in [9.17, 15) is 14.7 Å². The number of halogens is 2. The summed E-state index contributed by atoms with van der Waals surface area (Å²) in [4.78, 5) is 24.3. The highest BCUT2D eigenvalue weighted by Crippen LogP contribution is 2.30. The molecule has 0 saturated carbocycles. The standard InChI is InChI=1S/C31H24Cl2N2O4/c32-23-10-12-28(27(33)15-23)34-30(36)19-39-24-11-13-29-26(16-24)22(14-20-6-2-1-3-7-20)18-35(29)17-21-8-4-5-9-25(21)31(37)38/h1-13,15-16,18H,14,17,19H2,(H,34,36)(H,37,38). The Morgan fingerprint density at radius 1 is 0.872 bits per heavy atom. The van der Waals surface area contributed by atoms with Gasteiger partial charge in [0.1, 0.15) is 5.75 Å². The normalized spacial score (nSPS) is 10.9. The van der Waals surface area contributed by atoms with Gasteiger partial charge in [0.2, 0.25) is 0 Å². The number of nitrogens with zero attached hydrogens (tertiary/aromatic N) is 1. The predicted molar refractivity (Wildman–Crippen MR) is 154 cm³/mol. The summed E-state index contributed by atoms with van der Waals surface area (Å²) in [6.45, 7) is 0.198. The van der Waals surface area contributed by atoms with Crippen LogP contribution in [-0.4, -0.2) is 28.2 Å². The van der Waals surface area contributed by atoms with Crippen LogP contribution in [0.3, 0.4) is 0 Å². The monoisotopic (exact) mass is 558 g/mol. The van der Waals surface area contributed by atoms with Gasteiger partial charge in [0, 0.05) is 28.7 Å². The molecule has 1 heterocycles. The average Bonchev–Trinajstić information content (AvgIpc) is 3.26. The molecule has 2 N–H and O–H groups in total. The molecule has 0 saturated heterocycles. The third kappa shape index (κ3) is 6.25. The topological polar surface area (TPSA) is 80.6 Å². The van der Waals surface area contributed by atoms with Crippen LogP contribution < -0.4 is 10.1 Å². The molecule has 0 aliphatic rings. The van der Waals surface area contributed by atoms with E-state index in [1.54, 1.807) is 36.4 Å². The van der Waals surface area contributed by atoms with Crippen molar-refractivity contribution < 1.29 is 19.4 Å². The first-order valence-corrected chi connectivity index (χ1v) is 13.0. The van der Waals surface area contributed by atoms with Gasteiger partial charge in [-0.2, -0.15) is 0 Å². The zero-order valence-corrected chi connectivity index (χ0v) is 22.2. The zero-order valence-electron chi connectivity index (χ0n) is 20.7. The van der Waals surface area contributed by atoms with Crippen LogP contribution in [0.25, 0.3) is 10.9 Å². The molecule has 4 aromatic carbocycles. The van der Waals surface area contributed by atoms with E-state index in [1.165, 1.54) is 0 Å². The van der Waals surface area contributed by atoms with Gasteiger partial charge in [0.25, 0.3) is 5.91 Å². The van der Waals surface area contributed by atoms with Gasteiger partial charge >= 0.3 is 5.97 Å². The van der Waals surface area contributed by atoms with Crippen molar-refractivity contribution in [1.29, 1.82) is 0 Å². The zero-order chi connectivity index (χ0) is 27.4. The lowest BCUT2D eigenvalue weighted by atomic mass is 10.0. The van der Waals surface area contributed by atoms with Crippen LogP contribution in [-0.2, 0) is 17.8 Å². The van der Waals surface area contributed by atoms with Crippen molar-refractivity contribution in [2.75, 3.05) is 11.9 Å². The van der Waals surface area contributed by atoms with Gasteiger partial charge in [-0.05, 0) is 65.6 Å². The maximum Gasteiger partial charge on any atom is 0.336 e. The quantitative estimate of drug-likeness (QED) is 0.199. The molecule has 5 aromatic rings. The first kappa shape index (κ1) is 26.4. The van der Waals surface area contributed by atoms with Gasteiger partial charge in [-0.25, -0.2) is 4.79 Å². The largest absolute Gasteiger partial charge is 0.484 e. The number of fused-ring (bicyclic) bond motifs is 1. The lowest BCUT2D eigenvalue weighted by molar-refractivity contribution is -0.118. The number of carbonyl (C=O) groups is 2. The molecule has 5 rings (SSSR count). The van der Waals surface area contributed by atoms with Crippen LogP contribution in [0.2, 0.25) is 10.0 Å². The number of hydrogen-bond donors (Lipinski definition) is 2. The third-order valence-electron chi connectivity index (χ3n) is 6.34. The van der Waals surface area contributed by atoms with Crippen molar-refractivity contribution in [3.05, 3.63) is 129 Å². The lowest BCUT2D eigenvalue weighted by Crippen LogP contribution is -2.20. The minimum absolute atomic E-state index is 0.203. The average molecular weight is 559 g/mol. The first-order chi connectivity index (χ1) is 18.9. The van der Waals surface area contributed by atoms with E-state index in [0.717, 1.165) is 22.0 Å².